The van der Waals surface area contributed by atoms with Crippen molar-refractivity contribution in [2.75, 3.05) is 7.05 Å². The van der Waals surface area contributed by atoms with E-state index in [1.165, 1.54) is 5.56 Å². The first-order valence-electron chi connectivity index (χ1n) is 6.57. The maximum atomic E-state index is 6.18. The van der Waals surface area contributed by atoms with Crippen LogP contribution in [0.2, 0.25) is 5.02 Å². The van der Waals surface area contributed by atoms with Crippen LogP contribution in [0, 0.1) is 0 Å². The van der Waals surface area contributed by atoms with Gasteiger partial charge in [0, 0.05) is 28.7 Å². The van der Waals surface area contributed by atoms with Gasteiger partial charge in [-0.15, -0.1) is 0 Å². The van der Waals surface area contributed by atoms with Gasteiger partial charge in [-0.1, -0.05) is 41.9 Å². The van der Waals surface area contributed by atoms with Crippen molar-refractivity contribution in [2.45, 2.75) is 6.54 Å². The molecule has 100 valence electrons. The molecule has 0 aliphatic rings. The molecule has 1 heterocycles. The third kappa shape index (κ3) is 2.40. The van der Waals surface area contributed by atoms with E-state index < -0.39 is 0 Å². The summed E-state index contributed by atoms with van der Waals surface area (Å²) in [6.45, 7) is 0.801. The van der Waals surface area contributed by atoms with Gasteiger partial charge in [0.1, 0.15) is 0 Å². The van der Waals surface area contributed by atoms with Crippen LogP contribution in [0.3, 0.4) is 0 Å². The molecule has 0 fully saturated rings. The minimum absolute atomic E-state index is 0.743. The molecule has 1 aromatic heterocycles. The Balaban J connectivity index is 2.27. The third-order valence-corrected chi connectivity index (χ3v) is 3.60. The average molecular weight is 283 g/mol. The lowest BCUT2D eigenvalue weighted by Gasteiger charge is -2.12. The molecule has 0 radical (unpaired) electrons. The van der Waals surface area contributed by atoms with Crippen molar-refractivity contribution in [3.05, 3.63) is 65.3 Å². The molecule has 0 atom stereocenters. The Kier molecular flexibility index (Phi) is 3.68. The van der Waals surface area contributed by atoms with Crippen LogP contribution in [-0.2, 0) is 6.54 Å². The molecule has 2 aromatic carbocycles. The fraction of sp³-hybridized carbons (Fsp3) is 0.118. The van der Waals surface area contributed by atoms with Crippen molar-refractivity contribution >= 4 is 22.5 Å². The van der Waals surface area contributed by atoms with E-state index in [9.17, 15) is 0 Å². The number of para-hydroxylation sites is 1. The molecule has 0 aliphatic carbocycles. The summed E-state index contributed by atoms with van der Waals surface area (Å²) in [5.74, 6) is 0. The molecule has 2 nitrogen and oxygen atoms in total. The predicted octanol–water partition coefficient (Wildman–Crippen LogP) is 4.27. The van der Waals surface area contributed by atoms with E-state index in [0.717, 1.165) is 33.6 Å². The second-order valence-electron chi connectivity index (χ2n) is 4.71. The molecule has 20 heavy (non-hydrogen) atoms. The number of fused-ring (bicyclic) bond motifs is 1. The Hall–Kier alpha value is -1.90. The van der Waals surface area contributed by atoms with E-state index in [-0.39, 0.29) is 0 Å². The fourth-order valence-corrected chi connectivity index (χ4v) is 2.64. The van der Waals surface area contributed by atoms with Crippen LogP contribution in [0.15, 0.2) is 54.7 Å². The summed E-state index contributed by atoms with van der Waals surface area (Å²) in [6.07, 6.45) is 1.83. The number of benzene rings is 2. The van der Waals surface area contributed by atoms with Crippen LogP contribution >= 0.6 is 11.6 Å². The predicted molar refractivity (Wildman–Crippen MR) is 85.0 cm³/mol. The number of rotatable bonds is 3. The Bertz CT molecular complexity index is 748. The Labute approximate surface area is 123 Å². The van der Waals surface area contributed by atoms with Gasteiger partial charge in [-0.3, -0.25) is 4.98 Å². The van der Waals surface area contributed by atoms with Crippen LogP contribution < -0.4 is 5.32 Å². The number of aromatic nitrogens is 1. The number of hydrogen-bond donors (Lipinski definition) is 1. The number of halogens is 1. The highest BCUT2D eigenvalue weighted by Gasteiger charge is 2.09. The second-order valence-corrected chi connectivity index (χ2v) is 5.15. The van der Waals surface area contributed by atoms with Crippen LogP contribution in [0.5, 0.6) is 0 Å². The smallest absolute Gasteiger partial charge is 0.0780 e. The lowest BCUT2D eigenvalue weighted by atomic mass is 9.97. The normalized spacial score (nSPS) is 10.9. The van der Waals surface area contributed by atoms with E-state index in [4.69, 9.17) is 11.6 Å². The highest BCUT2D eigenvalue weighted by molar-refractivity contribution is 6.31. The van der Waals surface area contributed by atoms with Crippen molar-refractivity contribution in [2.24, 2.45) is 0 Å². The van der Waals surface area contributed by atoms with Gasteiger partial charge < -0.3 is 5.32 Å². The third-order valence-electron chi connectivity index (χ3n) is 3.36. The molecule has 0 saturated carbocycles. The minimum atomic E-state index is 0.743. The summed E-state index contributed by atoms with van der Waals surface area (Å²) in [5.41, 5.74) is 4.48. The summed E-state index contributed by atoms with van der Waals surface area (Å²) in [7, 11) is 1.94. The molecule has 0 spiro atoms. The Morgan fingerprint density at radius 3 is 2.75 bits per heavy atom. The van der Waals surface area contributed by atoms with E-state index in [2.05, 4.69) is 40.6 Å². The highest BCUT2D eigenvalue weighted by Crippen LogP contribution is 2.31. The first-order chi connectivity index (χ1) is 9.79. The molecule has 0 saturated heterocycles. The molecule has 3 rings (SSSR count). The quantitative estimate of drug-likeness (QED) is 0.776. The molecule has 1 N–H and O–H groups in total. The molecular formula is C17H15ClN2. The summed E-state index contributed by atoms with van der Waals surface area (Å²) in [4.78, 5) is 4.52. The van der Waals surface area contributed by atoms with Gasteiger partial charge in [0.25, 0.3) is 0 Å². The maximum Gasteiger partial charge on any atom is 0.0780 e. The number of nitrogens with zero attached hydrogens (tertiary/aromatic N) is 1. The van der Waals surface area contributed by atoms with Gasteiger partial charge in [0.05, 0.1) is 5.52 Å². The lowest BCUT2D eigenvalue weighted by Crippen LogP contribution is -2.06. The minimum Gasteiger partial charge on any atom is -0.316 e. The SMILES string of the molecule is CNCc1ccc(Cl)cc1-c1cccc2cccnc12. The van der Waals surface area contributed by atoms with Crippen LogP contribution in [0.1, 0.15) is 5.56 Å². The molecular weight excluding hydrogens is 268 g/mol. The van der Waals surface area contributed by atoms with Crippen LogP contribution in [-0.4, -0.2) is 12.0 Å². The Morgan fingerprint density at radius 1 is 1.05 bits per heavy atom. The fourth-order valence-electron chi connectivity index (χ4n) is 2.47. The number of pyridine rings is 1. The van der Waals surface area contributed by atoms with Gasteiger partial charge in [0.15, 0.2) is 0 Å². The van der Waals surface area contributed by atoms with Crippen LogP contribution in [0.4, 0.5) is 0 Å². The largest absolute Gasteiger partial charge is 0.316 e. The molecule has 3 heteroatoms. The molecule has 0 aliphatic heterocycles. The zero-order chi connectivity index (χ0) is 13.9. The van der Waals surface area contributed by atoms with Crippen molar-refractivity contribution in [1.29, 1.82) is 0 Å². The number of nitrogens with one attached hydrogen (secondary N) is 1. The lowest BCUT2D eigenvalue weighted by molar-refractivity contribution is 0.819. The van der Waals surface area contributed by atoms with Crippen LogP contribution in [0.25, 0.3) is 22.0 Å². The molecule has 0 unspecified atom stereocenters. The summed E-state index contributed by atoms with van der Waals surface area (Å²) in [6, 6.07) is 16.3. The molecule has 0 amide bonds. The van der Waals surface area contributed by atoms with Crippen molar-refractivity contribution in [1.82, 2.24) is 10.3 Å². The van der Waals surface area contributed by atoms with Gasteiger partial charge >= 0.3 is 0 Å². The van der Waals surface area contributed by atoms with E-state index >= 15 is 0 Å². The van der Waals surface area contributed by atoms with Crippen molar-refractivity contribution in [3.63, 3.8) is 0 Å². The molecule has 0 bridgehead atoms. The van der Waals surface area contributed by atoms with Crippen molar-refractivity contribution in [3.8, 4) is 11.1 Å². The first kappa shape index (κ1) is 13.1. The summed E-state index contributed by atoms with van der Waals surface area (Å²) < 4.78 is 0. The second kappa shape index (κ2) is 5.61. The van der Waals surface area contributed by atoms with E-state index in [1.54, 1.807) is 0 Å². The summed E-state index contributed by atoms with van der Waals surface area (Å²) >= 11 is 6.18. The number of hydrogen-bond acceptors (Lipinski definition) is 2. The van der Waals surface area contributed by atoms with Gasteiger partial charge in [-0.2, -0.15) is 0 Å². The Morgan fingerprint density at radius 2 is 1.90 bits per heavy atom. The van der Waals surface area contributed by atoms with E-state index in [0.29, 0.717) is 0 Å². The average Bonchev–Trinajstić information content (AvgIpc) is 2.49. The standard InChI is InChI=1S/C17H15ClN2/c1-19-11-13-7-8-14(18)10-16(13)15-6-2-4-12-5-3-9-20-17(12)15/h2-10,19H,11H2,1H3. The zero-order valence-corrected chi connectivity index (χ0v) is 12.0. The topological polar surface area (TPSA) is 24.9 Å². The summed E-state index contributed by atoms with van der Waals surface area (Å²) in [5, 5.41) is 5.08. The first-order valence-corrected chi connectivity index (χ1v) is 6.94. The van der Waals surface area contributed by atoms with Crippen molar-refractivity contribution < 1.29 is 0 Å². The van der Waals surface area contributed by atoms with Gasteiger partial charge in [-0.25, -0.2) is 0 Å². The van der Waals surface area contributed by atoms with E-state index in [1.807, 2.05) is 31.4 Å². The van der Waals surface area contributed by atoms with Gasteiger partial charge in [0.2, 0.25) is 0 Å². The molecule has 3 aromatic rings. The highest BCUT2D eigenvalue weighted by atomic mass is 35.5. The zero-order valence-electron chi connectivity index (χ0n) is 11.2. The maximum absolute atomic E-state index is 6.18. The monoisotopic (exact) mass is 282 g/mol. The van der Waals surface area contributed by atoms with Gasteiger partial charge in [-0.05, 0) is 36.4 Å².